The summed E-state index contributed by atoms with van der Waals surface area (Å²) in [6, 6.07) is 2.14. The predicted molar refractivity (Wildman–Crippen MR) is 70.4 cm³/mol. The van der Waals surface area contributed by atoms with E-state index in [4.69, 9.17) is 10.5 Å². The SMILES string of the molecule is CCOC(=O)[C@@H]1CCCCc2sc(N)c(C#N)c21. The summed E-state index contributed by atoms with van der Waals surface area (Å²) in [6.07, 6.45) is 3.67. The zero-order chi connectivity index (χ0) is 13.1. The molecule has 0 aliphatic heterocycles. The van der Waals surface area contributed by atoms with Gasteiger partial charge in [0.1, 0.15) is 11.1 Å². The molecular weight excluding hydrogens is 248 g/mol. The van der Waals surface area contributed by atoms with Gasteiger partial charge in [-0.05, 0) is 26.2 Å². The Hall–Kier alpha value is -1.54. The van der Waals surface area contributed by atoms with Crippen molar-refractivity contribution < 1.29 is 9.53 Å². The summed E-state index contributed by atoms with van der Waals surface area (Å²) in [5.74, 6) is -0.541. The second-order valence-corrected chi connectivity index (χ2v) is 5.48. The Morgan fingerprint density at radius 2 is 2.39 bits per heavy atom. The van der Waals surface area contributed by atoms with Crippen LogP contribution < -0.4 is 5.73 Å². The molecule has 0 aromatic carbocycles. The number of nitriles is 1. The number of carbonyl (C=O) groups excluding carboxylic acids is 1. The lowest BCUT2D eigenvalue weighted by Gasteiger charge is -2.14. The zero-order valence-corrected chi connectivity index (χ0v) is 11.2. The highest BCUT2D eigenvalue weighted by Gasteiger charge is 2.31. The van der Waals surface area contributed by atoms with Gasteiger partial charge in [0.05, 0.1) is 18.1 Å². The summed E-state index contributed by atoms with van der Waals surface area (Å²) >= 11 is 1.44. The molecule has 1 aromatic rings. The van der Waals surface area contributed by atoms with E-state index in [2.05, 4.69) is 6.07 Å². The van der Waals surface area contributed by atoms with Crippen LogP contribution in [0, 0.1) is 11.3 Å². The molecule has 1 heterocycles. The van der Waals surface area contributed by atoms with Gasteiger partial charge >= 0.3 is 5.97 Å². The van der Waals surface area contributed by atoms with Crippen LogP contribution in [0.25, 0.3) is 0 Å². The van der Waals surface area contributed by atoms with Crippen molar-refractivity contribution in [2.45, 2.75) is 38.5 Å². The highest BCUT2D eigenvalue weighted by molar-refractivity contribution is 7.16. The van der Waals surface area contributed by atoms with Gasteiger partial charge in [0.15, 0.2) is 0 Å². The molecule has 2 rings (SSSR count). The topological polar surface area (TPSA) is 76.1 Å². The lowest BCUT2D eigenvalue weighted by Crippen LogP contribution is -2.16. The Morgan fingerprint density at radius 1 is 1.61 bits per heavy atom. The minimum absolute atomic E-state index is 0.227. The smallest absolute Gasteiger partial charge is 0.313 e. The molecule has 5 heteroatoms. The minimum atomic E-state index is -0.314. The van der Waals surface area contributed by atoms with Crippen molar-refractivity contribution >= 4 is 22.3 Å². The Balaban J connectivity index is 2.46. The van der Waals surface area contributed by atoms with Crippen LogP contribution in [-0.2, 0) is 16.0 Å². The second kappa shape index (κ2) is 5.40. The average molecular weight is 264 g/mol. The Morgan fingerprint density at radius 3 is 3.06 bits per heavy atom. The number of ether oxygens (including phenoxy) is 1. The molecule has 0 unspecified atom stereocenters. The van der Waals surface area contributed by atoms with Gasteiger partial charge in [-0.25, -0.2) is 0 Å². The molecule has 1 atom stereocenters. The molecule has 1 aromatic heterocycles. The number of aryl methyl sites for hydroxylation is 1. The van der Waals surface area contributed by atoms with Gasteiger partial charge in [-0.2, -0.15) is 5.26 Å². The number of hydrogen-bond donors (Lipinski definition) is 1. The maximum Gasteiger partial charge on any atom is 0.313 e. The average Bonchev–Trinajstić information content (AvgIpc) is 2.53. The largest absolute Gasteiger partial charge is 0.466 e. The van der Waals surface area contributed by atoms with Crippen LogP contribution in [0.5, 0.6) is 0 Å². The number of nitrogens with zero attached hydrogens (tertiary/aromatic N) is 1. The monoisotopic (exact) mass is 264 g/mol. The van der Waals surface area contributed by atoms with Gasteiger partial charge in [0, 0.05) is 10.4 Å². The molecule has 0 amide bonds. The summed E-state index contributed by atoms with van der Waals surface area (Å²) in [4.78, 5) is 13.1. The van der Waals surface area contributed by atoms with E-state index in [1.54, 1.807) is 6.92 Å². The summed E-state index contributed by atoms with van der Waals surface area (Å²) in [5, 5.41) is 9.74. The molecule has 2 N–H and O–H groups in total. The van der Waals surface area contributed by atoms with Crippen molar-refractivity contribution in [3.05, 3.63) is 16.0 Å². The molecule has 0 saturated heterocycles. The summed E-state index contributed by atoms with van der Waals surface area (Å²) in [7, 11) is 0. The summed E-state index contributed by atoms with van der Waals surface area (Å²) in [6.45, 7) is 2.16. The fraction of sp³-hybridized carbons (Fsp3) is 0.538. The van der Waals surface area contributed by atoms with Crippen molar-refractivity contribution in [2.24, 2.45) is 0 Å². The van der Waals surface area contributed by atoms with Crippen molar-refractivity contribution in [1.29, 1.82) is 5.26 Å². The molecule has 0 saturated carbocycles. The number of anilines is 1. The molecule has 18 heavy (non-hydrogen) atoms. The first-order valence-corrected chi connectivity index (χ1v) is 6.98. The maximum absolute atomic E-state index is 12.0. The third-order valence-electron chi connectivity index (χ3n) is 3.23. The number of nitrogen functional groups attached to an aromatic ring is 1. The van der Waals surface area contributed by atoms with E-state index in [-0.39, 0.29) is 11.9 Å². The molecule has 4 nitrogen and oxygen atoms in total. The normalized spacial score (nSPS) is 18.6. The van der Waals surface area contributed by atoms with E-state index in [0.717, 1.165) is 36.1 Å². The van der Waals surface area contributed by atoms with Crippen LogP contribution in [0.3, 0.4) is 0 Å². The highest BCUT2D eigenvalue weighted by Crippen LogP contribution is 2.41. The van der Waals surface area contributed by atoms with E-state index in [1.807, 2.05) is 0 Å². The fourth-order valence-electron chi connectivity index (χ4n) is 2.44. The molecule has 0 radical (unpaired) electrons. The number of fused-ring (bicyclic) bond motifs is 1. The number of rotatable bonds is 2. The first kappa shape index (κ1) is 12.9. The lowest BCUT2D eigenvalue weighted by molar-refractivity contribution is -0.145. The number of esters is 1. The second-order valence-electron chi connectivity index (χ2n) is 4.34. The Labute approximate surface area is 110 Å². The van der Waals surface area contributed by atoms with Crippen molar-refractivity contribution in [1.82, 2.24) is 0 Å². The zero-order valence-electron chi connectivity index (χ0n) is 10.4. The molecular formula is C13H16N2O2S. The first-order chi connectivity index (χ1) is 8.69. The van der Waals surface area contributed by atoms with Gasteiger partial charge in [-0.1, -0.05) is 6.42 Å². The summed E-state index contributed by atoms with van der Waals surface area (Å²) < 4.78 is 5.12. The third-order valence-corrected chi connectivity index (χ3v) is 4.32. The summed E-state index contributed by atoms with van der Waals surface area (Å²) in [5.41, 5.74) is 7.17. The van der Waals surface area contributed by atoms with Crippen molar-refractivity contribution in [2.75, 3.05) is 12.3 Å². The van der Waals surface area contributed by atoms with Crippen LogP contribution in [0.2, 0.25) is 0 Å². The van der Waals surface area contributed by atoms with Crippen molar-refractivity contribution in [3.8, 4) is 6.07 Å². The quantitative estimate of drug-likeness (QED) is 0.658. The third kappa shape index (κ3) is 2.21. The molecule has 1 aliphatic carbocycles. The molecule has 1 aliphatic rings. The first-order valence-electron chi connectivity index (χ1n) is 6.16. The van der Waals surface area contributed by atoms with E-state index < -0.39 is 0 Å². The van der Waals surface area contributed by atoms with E-state index in [0.29, 0.717) is 17.2 Å². The van der Waals surface area contributed by atoms with Crippen LogP contribution in [0.4, 0.5) is 5.00 Å². The van der Waals surface area contributed by atoms with Crippen LogP contribution >= 0.6 is 11.3 Å². The van der Waals surface area contributed by atoms with Crippen molar-refractivity contribution in [3.63, 3.8) is 0 Å². The van der Waals surface area contributed by atoms with Gasteiger partial charge in [-0.15, -0.1) is 11.3 Å². The van der Waals surface area contributed by atoms with E-state index in [1.165, 1.54) is 11.3 Å². The van der Waals surface area contributed by atoms with E-state index in [9.17, 15) is 10.1 Å². The number of carbonyl (C=O) groups is 1. The highest BCUT2D eigenvalue weighted by atomic mass is 32.1. The number of thiophene rings is 1. The number of hydrogen-bond acceptors (Lipinski definition) is 5. The van der Waals surface area contributed by atoms with Crippen LogP contribution in [-0.4, -0.2) is 12.6 Å². The maximum atomic E-state index is 12.0. The van der Waals surface area contributed by atoms with E-state index >= 15 is 0 Å². The van der Waals surface area contributed by atoms with Gasteiger partial charge in [0.25, 0.3) is 0 Å². The van der Waals surface area contributed by atoms with Gasteiger partial charge < -0.3 is 10.5 Å². The Kier molecular flexibility index (Phi) is 3.87. The molecule has 0 spiro atoms. The van der Waals surface area contributed by atoms with Crippen LogP contribution in [0.1, 0.15) is 48.1 Å². The standard InChI is InChI=1S/C13H16N2O2S/c1-2-17-13(16)8-5-3-4-6-10-11(8)9(7-14)12(15)18-10/h8H,2-6,15H2,1H3/t8-/m1/s1. The van der Waals surface area contributed by atoms with Gasteiger partial charge in [-0.3, -0.25) is 4.79 Å². The van der Waals surface area contributed by atoms with Gasteiger partial charge in [0.2, 0.25) is 0 Å². The molecule has 0 bridgehead atoms. The predicted octanol–water partition coefficient (Wildman–Crippen LogP) is 2.58. The van der Waals surface area contributed by atoms with Crippen LogP contribution in [0.15, 0.2) is 0 Å². The lowest BCUT2D eigenvalue weighted by atomic mass is 9.93. The molecule has 96 valence electrons. The fourth-order valence-corrected chi connectivity index (χ4v) is 3.56. The molecule has 0 fully saturated rings. The Bertz CT molecular complexity index is 502. The number of nitrogens with two attached hydrogens (primary N) is 1. The minimum Gasteiger partial charge on any atom is -0.466 e.